The van der Waals surface area contributed by atoms with Gasteiger partial charge in [0.15, 0.2) is 5.78 Å². The van der Waals surface area contributed by atoms with Gasteiger partial charge in [0.05, 0.1) is 0 Å². The van der Waals surface area contributed by atoms with Crippen molar-refractivity contribution in [3.8, 4) is 0 Å². The minimum Gasteiger partial charge on any atom is -0.330 e. The summed E-state index contributed by atoms with van der Waals surface area (Å²) in [4.78, 5) is 14.1. The Morgan fingerprint density at radius 1 is 0.947 bits per heavy atom. The number of ketones is 1. The van der Waals surface area contributed by atoms with Crippen LogP contribution in [-0.4, -0.2) is 12.3 Å². The molecular weight excluding hydrogens is 254 g/mol. The van der Waals surface area contributed by atoms with Crippen LogP contribution in [0.15, 0.2) is 64.4 Å². The number of benzene rings is 2. The molecule has 19 heavy (non-hydrogen) atoms. The summed E-state index contributed by atoms with van der Waals surface area (Å²) in [6.07, 6.45) is 1.28. The zero-order valence-electron chi connectivity index (χ0n) is 10.7. The number of nitrogens with two attached hydrogens (primary N) is 1. The predicted octanol–water partition coefficient (Wildman–Crippen LogP) is 3.76. The quantitative estimate of drug-likeness (QED) is 0.813. The van der Waals surface area contributed by atoms with E-state index in [-0.39, 0.29) is 5.78 Å². The van der Waals surface area contributed by atoms with E-state index >= 15 is 0 Å². The van der Waals surface area contributed by atoms with E-state index in [1.807, 2.05) is 42.5 Å². The zero-order valence-corrected chi connectivity index (χ0v) is 11.5. The van der Waals surface area contributed by atoms with Crippen LogP contribution in [0.1, 0.15) is 23.2 Å². The number of carbonyl (C=O) groups is 1. The van der Waals surface area contributed by atoms with Crippen LogP contribution in [0.4, 0.5) is 0 Å². The summed E-state index contributed by atoms with van der Waals surface area (Å²) in [6.45, 7) is 0.563. The van der Waals surface area contributed by atoms with Gasteiger partial charge < -0.3 is 5.73 Å². The largest absolute Gasteiger partial charge is 0.330 e. The fourth-order valence-corrected chi connectivity index (χ4v) is 2.58. The molecule has 0 unspecified atom stereocenters. The highest BCUT2D eigenvalue weighted by molar-refractivity contribution is 7.99. The lowest BCUT2D eigenvalue weighted by Gasteiger charge is -2.03. The first-order valence-electron chi connectivity index (χ1n) is 6.36. The second kappa shape index (κ2) is 7.12. The lowest BCUT2D eigenvalue weighted by molar-refractivity contribution is 0.0980. The Hall–Kier alpha value is -1.58. The van der Waals surface area contributed by atoms with Gasteiger partial charge in [-0.15, -0.1) is 0 Å². The molecular formula is C16H17NOS. The first-order valence-corrected chi connectivity index (χ1v) is 7.17. The second-order valence-electron chi connectivity index (χ2n) is 4.25. The number of rotatable bonds is 6. The predicted molar refractivity (Wildman–Crippen MR) is 79.6 cm³/mol. The first kappa shape index (κ1) is 13.8. The highest BCUT2D eigenvalue weighted by Gasteiger charge is 2.05. The fraction of sp³-hybridized carbons (Fsp3) is 0.188. The third kappa shape index (κ3) is 4.23. The molecule has 0 aliphatic heterocycles. The SMILES string of the molecule is NCCCC(=O)c1ccc(Sc2ccccc2)cc1. The van der Waals surface area contributed by atoms with Gasteiger partial charge in [0.1, 0.15) is 0 Å². The average Bonchev–Trinajstić information content (AvgIpc) is 2.46. The molecule has 98 valence electrons. The molecule has 0 saturated carbocycles. The normalized spacial score (nSPS) is 10.4. The van der Waals surface area contributed by atoms with E-state index < -0.39 is 0 Å². The Kier molecular flexibility index (Phi) is 5.19. The molecule has 0 amide bonds. The molecule has 0 saturated heterocycles. The van der Waals surface area contributed by atoms with Crippen molar-refractivity contribution >= 4 is 17.5 Å². The number of carbonyl (C=O) groups excluding carboxylic acids is 1. The van der Waals surface area contributed by atoms with Crippen LogP contribution in [-0.2, 0) is 0 Å². The number of hydrogen-bond donors (Lipinski definition) is 1. The summed E-state index contributed by atoms with van der Waals surface area (Å²) < 4.78 is 0. The van der Waals surface area contributed by atoms with Crippen LogP contribution in [0.25, 0.3) is 0 Å². The Morgan fingerprint density at radius 3 is 2.21 bits per heavy atom. The molecule has 2 N–H and O–H groups in total. The smallest absolute Gasteiger partial charge is 0.162 e. The van der Waals surface area contributed by atoms with Crippen molar-refractivity contribution in [1.29, 1.82) is 0 Å². The van der Waals surface area contributed by atoms with E-state index in [4.69, 9.17) is 5.73 Å². The van der Waals surface area contributed by atoms with E-state index in [0.717, 1.165) is 16.9 Å². The first-order chi connectivity index (χ1) is 9.29. The number of Topliss-reactive ketones (excluding diaryl/α,β-unsaturated/α-hetero) is 1. The molecule has 0 fully saturated rings. The van der Waals surface area contributed by atoms with Crippen LogP contribution in [0.5, 0.6) is 0 Å². The highest BCUT2D eigenvalue weighted by atomic mass is 32.2. The van der Waals surface area contributed by atoms with E-state index in [1.165, 1.54) is 4.90 Å². The third-order valence-electron chi connectivity index (χ3n) is 2.76. The zero-order chi connectivity index (χ0) is 13.5. The van der Waals surface area contributed by atoms with Crippen molar-refractivity contribution in [2.75, 3.05) is 6.54 Å². The molecule has 2 rings (SSSR count). The van der Waals surface area contributed by atoms with Crippen molar-refractivity contribution in [3.63, 3.8) is 0 Å². The van der Waals surface area contributed by atoms with Gasteiger partial charge in [-0.1, -0.05) is 42.1 Å². The molecule has 2 aromatic carbocycles. The van der Waals surface area contributed by atoms with Crippen LogP contribution in [0, 0.1) is 0 Å². The van der Waals surface area contributed by atoms with E-state index in [0.29, 0.717) is 13.0 Å². The maximum absolute atomic E-state index is 11.8. The molecule has 2 aromatic rings. The Bertz CT molecular complexity index is 522. The van der Waals surface area contributed by atoms with Gasteiger partial charge in [-0.3, -0.25) is 4.79 Å². The standard InChI is InChI=1S/C16H17NOS/c17-12-4-7-16(18)13-8-10-15(11-9-13)19-14-5-2-1-3-6-14/h1-3,5-6,8-11H,4,7,12,17H2. The van der Waals surface area contributed by atoms with Crippen molar-refractivity contribution in [2.45, 2.75) is 22.6 Å². The van der Waals surface area contributed by atoms with Crippen LogP contribution >= 0.6 is 11.8 Å². The molecule has 0 atom stereocenters. The molecule has 0 spiro atoms. The van der Waals surface area contributed by atoms with Gasteiger partial charge in [0, 0.05) is 21.8 Å². The van der Waals surface area contributed by atoms with Gasteiger partial charge in [0.2, 0.25) is 0 Å². The maximum Gasteiger partial charge on any atom is 0.162 e. The van der Waals surface area contributed by atoms with Gasteiger partial charge in [0.25, 0.3) is 0 Å². The van der Waals surface area contributed by atoms with Crippen LogP contribution < -0.4 is 5.73 Å². The Morgan fingerprint density at radius 2 is 1.58 bits per heavy atom. The second-order valence-corrected chi connectivity index (χ2v) is 5.40. The summed E-state index contributed by atoms with van der Waals surface area (Å²) in [5.74, 6) is 0.168. The van der Waals surface area contributed by atoms with E-state index in [1.54, 1.807) is 11.8 Å². The van der Waals surface area contributed by atoms with Gasteiger partial charge in [-0.25, -0.2) is 0 Å². The lowest BCUT2D eigenvalue weighted by Crippen LogP contribution is -2.04. The minimum absolute atomic E-state index is 0.168. The molecule has 0 aliphatic rings. The van der Waals surface area contributed by atoms with E-state index in [9.17, 15) is 4.79 Å². The van der Waals surface area contributed by atoms with Crippen molar-refractivity contribution in [3.05, 3.63) is 60.2 Å². The molecule has 3 heteroatoms. The highest BCUT2D eigenvalue weighted by Crippen LogP contribution is 2.27. The van der Waals surface area contributed by atoms with Gasteiger partial charge in [-0.05, 0) is 37.2 Å². The van der Waals surface area contributed by atoms with Crippen LogP contribution in [0.2, 0.25) is 0 Å². The maximum atomic E-state index is 11.8. The monoisotopic (exact) mass is 271 g/mol. The molecule has 0 radical (unpaired) electrons. The third-order valence-corrected chi connectivity index (χ3v) is 3.78. The van der Waals surface area contributed by atoms with E-state index in [2.05, 4.69) is 12.1 Å². The summed E-state index contributed by atoms with van der Waals surface area (Å²) in [5, 5.41) is 0. The summed E-state index contributed by atoms with van der Waals surface area (Å²) in [7, 11) is 0. The minimum atomic E-state index is 0.168. The summed E-state index contributed by atoms with van der Waals surface area (Å²) in [6, 6.07) is 18.0. The lowest BCUT2D eigenvalue weighted by atomic mass is 10.1. The molecule has 0 heterocycles. The fourth-order valence-electron chi connectivity index (χ4n) is 1.74. The van der Waals surface area contributed by atoms with Crippen molar-refractivity contribution in [2.24, 2.45) is 5.73 Å². The Balaban J connectivity index is 2.00. The van der Waals surface area contributed by atoms with Gasteiger partial charge in [-0.2, -0.15) is 0 Å². The topological polar surface area (TPSA) is 43.1 Å². The van der Waals surface area contributed by atoms with Crippen molar-refractivity contribution in [1.82, 2.24) is 0 Å². The van der Waals surface area contributed by atoms with Crippen molar-refractivity contribution < 1.29 is 4.79 Å². The molecule has 0 bridgehead atoms. The molecule has 0 aliphatic carbocycles. The Labute approximate surface area is 118 Å². The molecule has 0 aromatic heterocycles. The summed E-state index contributed by atoms with van der Waals surface area (Å²) in [5.41, 5.74) is 6.18. The van der Waals surface area contributed by atoms with Gasteiger partial charge >= 0.3 is 0 Å². The number of hydrogen-bond acceptors (Lipinski definition) is 3. The summed E-state index contributed by atoms with van der Waals surface area (Å²) >= 11 is 1.69. The van der Waals surface area contributed by atoms with Crippen LogP contribution in [0.3, 0.4) is 0 Å². The average molecular weight is 271 g/mol. The molecule has 2 nitrogen and oxygen atoms in total.